The number of ether oxygens (including phenoxy) is 1. The normalized spacial score (nSPS) is 24.3. The third-order valence-electron chi connectivity index (χ3n) is 3.75. The van der Waals surface area contributed by atoms with Gasteiger partial charge in [-0.1, -0.05) is 30.3 Å². The molecule has 0 amide bonds. The van der Waals surface area contributed by atoms with Crippen molar-refractivity contribution in [3.05, 3.63) is 35.9 Å². The topological polar surface area (TPSA) is 49.8 Å². The Hall–Kier alpha value is -1.39. The SMILES string of the molecule is CO[C@@H]1CCN(CC(=O)O)C[C@H]1Cc1ccccc1. The highest BCUT2D eigenvalue weighted by atomic mass is 16.5. The first-order valence-corrected chi connectivity index (χ1v) is 6.70. The van der Waals surface area contributed by atoms with Crippen LogP contribution in [0.3, 0.4) is 0 Å². The standard InChI is InChI=1S/C15H21NO3/c1-19-14-7-8-16(11-15(17)18)10-13(14)9-12-5-3-2-4-6-12/h2-6,13-14H,7-11H2,1H3,(H,17,18)/t13-,14-/m1/s1. The van der Waals surface area contributed by atoms with Crippen LogP contribution in [0.15, 0.2) is 30.3 Å². The molecule has 0 radical (unpaired) electrons. The summed E-state index contributed by atoms with van der Waals surface area (Å²) in [6.07, 6.45) is 2.07. The molecule has 1 aromatic rings. The highest BCUT2D eigenvalue weighted by Crippen LogP contribution is 2.23. The van der Waals surface area contributed by atoms with Crippen molar-refractivity contribution < 1.29 is 14.6 Å². The number of hydrogen-bond donors (Lipinski definition) is 1. The van der Waals surface area contributed by atoms with Gasteiger partial charge in [0.1, 0.15) is 0 Å². The second-order valence-electron chi connectivity index (χ2n) is 5.14. The van der Waals surface area contributed by atoms with E-state index in [9.17, 15) is 4.79 Å². The third-order valence-corrected chi connectivity index (χ3v) is 3.75. The van der Waals surface area contributed by atoms with Crippen molar-refractivity contribution in [1.82, 2.24) is 4.90 Å². The van der Waals surface area contributed by atoms with Crippen molar-refractivity contribution in [2.75, 3.05) is 26.7 Å². The van der Waals surface area contributed by atoms with Crippen LogP contribution in [0, 0.1) is 5.92 Å². The molecule has 2 atom stereocenters. The van der Waals surface area contributed by atoms with Crippen LogP contribution in [-0.2, 0) is 16.0 Å². The van der Waals surface area contributed by atoms with Gasteiger partial charge in [0.2, 0.25) is 0 Å². The van der Waals surface area contributed by atoms with E-state index < -0.39 is 5.97 Å². The summed E-state index contributed by atoms with van der Waals surface area (Å²) in [7, 11) is 1.75. The molecular weight excluding hydrogens is 242 g/mol. The number of benzene rings is 1. The molecule has 1 aliphatic rings. The lowest BCUT2D eigenvalue weighted by Crippen LogP contribution is -2.46. The fourth-order valence-electron chi connectivity index (χ4n) is 2.84. The van der Waals surface area contributed by atoms with Crippen LogP contribution in [0.25, 0.3) is 0 Å². The van der Waals surface area contributed by atoms with Gasteiger partial charge in [-0.15, -0.1) is 0 Å². The Labute approximate surface area is 114 Å². The summed E-state index contributed by atoms with van der Waals surface area (Å²) in [5.41, 5.74) is 1.28. The number of methoxy groups -OCH3 is 1. The minimum Gasteiger partial charge on any atom is -0.480 e. The number of carboxylic acid groups (broad SMARTS) is 1. The van der Waals surface area contributed by atoms with Crippen LogP contribution in [-0.4, -0.2) is 48.8 Å². The van der Waals surface area contributed by atoms with Gasteiger partial charge in [-0.25, -0.2) is 0 Å². The molecule has 0 aliphatic carbocycles. The number of nitrogens with zero attached hydrogens (tertiary/aromatic N) is 1. The quantitative estimate of drug-likeness (QED) is 0.877. The van der Waals surface area contributed by atoms with Gasteiger partial charge < -0.3 is 9.84 Å². The minimum absolute atomic E-state index is 0.127. The van der Waals surface area contributed by atoms with Crippen molar-refractivity contribution in [1.29, 1.82) is 0 Å². The molecule has 0 bridgehead atoms. The lowest BCUT2D eigenvalue weighted by molar-refractivity contribution is -0.139. The largest absolute Gasteiger partial charge is 0.480 e. The van der Waals surface area contributed by atoms with Gasteiger partial charge >= 0.3 is 5.97 Å². The summed E-state index contributed by atoms with van der Waals surface area (Å²) in [6, 6.07) is 10.3. The van der Waals surface area contributed by atoms with Crippen molar-refractivity contribution in [2.45, 2.75) is 18.9 Å². The Bertz CT molecular complexity index is 407. The lowest BCUT2D eigenvalue weighted by atomic mass is 9.88. The highest BCUT2D eigenvalue weighted by molar-refractivity contribution is 5.69. The second kappa shape index (κ2) is 6.68. The first-order valence-electron chi connectivity index (χ1n) is 6.70. The second-order valence-corrected chi connectivity index (χ2v) is 5.14. The number of rotatable bonds is 5. The maximum absolute atomic E-state index is 10.8. The van der Waals surface area contributed by atoms with E-state index >= 15 is 0 Å². The average molecular weight is 263 g/mol. The number of hydrogen-bond acceptors (Lipinski definition) is 3. The first-order chi connectivity index (χ1) is 9.19. The fraction of sp³-hybridized carbons (Fsp3) is 0.533. The van der Waals surface area contributed by atoms with Gasteiger partial charge in [0.15, 0.2) is 0 Å². The first kappa shape index (κ1) is 14.0. The van der Waals surface area contributed by atoms with Crippen LogP contribution < -0.4 is 0 Å². The zero-order chi connectivity index (χ0) is 13.7. The van der Waals surface area contributed by atoms with E-state index in [0.29, 0.717) is 5.92 Å². The van der Waals surface area contributed by atoms with Crippen molar-refractivity contribution in [3.8, 4) is 0 Å². The molecule has 2 rings (SSSR count). The van der Waals surface area contributed by atoms with Crippen LogP contribution in [0.2, 0.25) is 0 Å². The van der Waals surface area contributed by atoms with E-state index in [2.05, 4.69) is 12.1 Å². The number of piperidine rings is 1. The number of carbonyl (C=O) groups is 1. The van der Waals surface area contributed by atoms with E-state index in [1.807, 2.05) is 23.1 Å². The molecule has 19 heavy (non-hydrogen) atoms. The van der Waals surface area contributed by atoms with E-state index in [-0.39, 0.29) is 12.6 Å². The number of aliphatic carboxylic acids is 1. The van der Waals surface area contributed by atoms with Crippen LogP contribution >= 0.6 is 0 Å². The molecule has 0 unspecified atom stereocenters. The lowest BCUT2D eigenvalue weighted by Gasteiger charge is -2.37. The molecule has 1 saturated heterocycles. The number of carboxylic acids is 1. The van der Waals surface area contributed by atoms with Gasteiger partial charge in [0.25, 0.3) is 0 Å². The van der Waals surface area contributed by atoms with Crippen molar-refractivity contribution >= 4 is 5.97 Å². The van der Waals surface area contributed by atoms with Crippen LogP contribution in [0.1, 0.15) is 12.0 Å². The maximum atomic E-state index is 10.8. The fourth-order valence-corrected chi connectivity index (χ4v) is 2.84. The number of likely N-dealkylation sites (tertiary alicyclic amines) is 1. The smallest absolute Gasteiger partial charge is 0.317 e. The molecule has 1 fully saturated rings. The monoisotopic (exact) mass is 263 g/mol. The zero-order valence-electron chi connectivity index (χ0n) is 11.3. The van der Waals surface area contributed by atoms with Gasteiger partial charge in [-0.3, -0.25) is 9.69 Å². The Morgan fingerprint density at radius 1 is 1.42 bits per heavy atom. The highest BCUT2D eigenvalue weighted by Gasteiger charge is 2.29. The minimum atomic E-state index is -0.755. The van der Waals surface area contributed by atoms with Crippen molar-refractivity contribution in [2.24, 2.45) is 5.92 Å². The van der Waals surface area contributed by atoms with E-state index in [1.54, 1.807) is 7.11 Å². The van der Waals surface area contributed by atoms with Gasteiger partial charge in [0.05, 0.1) is 12.6 Å². The molecule has 1 N–H and O–H groups in total. The summed E-state index contributed by atoms with van der Waals surface area (Å²) in [5.74, 6) is -0.394. The summed E-state index contributed by atoms with van der Waals surface area (Å²) in [5, 5.41) is 8.89. The molecule has 1 aromatic carbocycles. The van der Waals surface area contributed by atoms with Crippen LogP contribution in [0.4, 0.5) is 0 Å². The Morgan fingerprint density at radius 2 is 2.16 bits per heavy atom. The molecule has 4 heteroatoms. The van der Waals surface area contributed by atoms with E-state index in [0.717, 1.165) is 25.9 Å². The summed E-state index contributed by atoms with van der Waals surface area (Å²) >= 11 is 0. The zero-order valence-corrected chi connectivity index (χ0v) is 11.3. The van der Waals surface area contributed by atoms with E-state index in [1.165, 1.54) is 5.56 Å². The predicted octanol–water partition coefficient (Wildman–Crippen LogP) is 1.65. The van der Waals surface area contributed by atoms with Gasteiger partial charge in [-0.2, -0.15) is 0 Å². The summed E-state index contributed by atoms with van der Waals surface area (Å²) in [4.78, 5) is 12.8. The Balaban J connectivity index is 1.99. The molecule has 1 aliphatic heterocycles. The third kappa shape index (κ3) is 4.04. The molecule has 1 heterocycles. The summed E-state index contributed by atoms with van der Waals surface area (Å²) in [6.45, 7) is 1.72. The van der Waals surface area contributed by atoms with Crippen LogP contribution in [0.5, 0.6) is 0 Å². The predicted molar refractivity (Wildman–Crippen MR) is 73.1 cm³/mol. The molecule has 4 nitrogen and oxygen atoms in total. The molecule has 0 aromatic heterocycles. The van der Waals surface area contributed by atoms with Gasteiger partial charge in [0, 0.05) is 26.1 Å². The molecular formula is C15H21NO3. The summed E-state index contributed by atoms with van der Waals surface area (Å²) < 4.78 is 5.56. The van der Waals surface area contributed by atoms with E-state index in [4.69, 9.17) is 9.84 Å². The Kier molecular flexibility index (Phi) is 4.93. The molecule has 104 valence electrons. The average Bonchev–Trinajstić information content (AvgIpc) is 2.39. The van der Waals surface area contributed by atoms with Crippen molar-refractivity contribution in [3.63, 3.8) is 0 Å². The van der Waals surface area contributed by atoms with Gasteiger partial charge in [-0.05, 0) is 18.4 Å². The Morgan fingerprint density at radius 3 is 2.79 bits per heavy atom. The molecule has 0 spiro atoms. The molecule has 0 saturated carbocycles. The maximum Gasteiger partial charge on any atom is 0.317 e.